The number of Topliss-reactive ketones (excluding diaryl/α,β-unsaturated/α-hetero) is 1. The van der Waals surface area contributed by atoms with Crippen LogP contribution in [0.4, 0.5) is 8.78 Å². The van der Waals surface area contributed by atoms with E-state index in [2.05, 4.69) is 10.6 Å². The number of rotatable bonds is 14. The summed E-state index contributed by atoms with van der Waals surface area (Å²) >= 11 is 0. The molecule has 0 bridgehead atoms. The molecule has 1 rings (SSSR count). The van der Waals surface area contributed by atoms with Crippen LogP contribution >= 0.6 is 0 Å². The van der Waals surface area contributed by atoms with E-state index in [-0.39, 0.29) is 12.8 Å². The molecule has 0 radical (unpaired) electrons. The van der Waals surface area contributed by atoms with Crippen molar-refractivity contribution in [3.63, 3.8) is 0 Å². The maximum Gasteiger partial charge on any atom is 0.326 e. The van der Waals surface area contributed by atoms with Gasteiger partial charge in [0.2, 0.25) is 18.2 Å². The van der Waals surface area contributed by atoms with Gasteiger partial charge in [0.05, 0.1) is 18.5 Å². The fourth-order valence-electron chi connectivity index (χ4n) is 2.75. The van der Waals surface area contributed by atoms with Crippen LogP contribution in [0, 0.1) is 5.92 Å². The third-order valence-corrected chi connectivity index (χ3v) is 4.53. The quantitative estimate of drug-likeness (QED) is 0.267. The van der Waals surface area contributed by atoms with E-state index in [1.54, 1.807) is 30.3 Å². The Hall–Kier alpha value is -2.92. The van der Waals surface area contributed by atoms with Crippen LogP contribution in [0.25, 0.3) is 0 Å². The van der Waals surface area contributed by atoms with Gasteiger partial charge in [-0.2, -0.15) is 0 Å². The number of carbonyl (C=O) groups excluding carboxylic acids is 3. The van der Waals surface area contributed by atoms with Crippen LogP contribution in [-0.4, -0.2) is 60.3 Å². The highest BCUT2D eigenvalue weighted by molar-refractivity contribution is 5.92. The number of aliphatic carboxylic acids is 1. The van der Waals surface area contributed by atoms with Crippen LogP contribution < -0.4 is 22.1 Å². The highest BCUT2D eigenvalue weighted by Gasteiger charge is 2.32. The van der Waals surface area contributed by atoms with Gasteiger partial charge in [-0.25, -0.2) is 13.6 Å². The number of amides is 2. The highest BCUT2D eigenvalue weighted by atomic mass is 19.3. The Labute approximate surface area is 178 Å². The summed E-state index contributed by atoms with van der Waals surface area (Å²) in [6.45, 7) is -0.395. The second-order valence-corrected chi connectivity index (χ2v) is 7.01. The summed E-state index contributed by atoms with van der Waals surface area (Å²) in [5, 5.41) is 13.6. The van der Waals surface area contributed by atoms with E-state index in [0.717, 1.165) is 0 Å². The molecule has 1 aromatic rings. The Morgan fingerprint density at radius 1 is 1.10 bits per heavy atom. The smallest absolute Gasteiger partial charge is 0.326 e. The van der Waals surface area contributed by atoms with Crippen molar-refractivity contribution >= 4 is 23.6 Å². The van der Waals surface area contributed by atoms with Gasteiger partial charge in [0, 0.05) is 12.8 Å². The summed E-state index contributed by atoms with van der Waals surface area (Å²) in [5.41, 5.74) is 11.6. The van der Waals surface area contributed by atoms with E-state index < -0.39 is 61.0 Å². The molecule has 0 saturated carbocycles. The normalized spacial score (nSPS) is 13.8. The second kappa shape index (κ2) is 13.4. The Morgan fingerprint density at radius 3 is 2.29 bits per heavy atom. The minimum Gasteiger partial charge on any atom is -0.480 e. The van der Waals surface area contributed by atoms with Crippen LogP contribution in [0.2, 0.25) is 0 Å². The second-order valence-electron chi connectivity index (χ2n) is 7.01. The van der Waals surface area contributed by atoms with Gasteiger partial charge in [-0.3, -0.25) is 14.4 Å². The zero-order valence-corrected chi connectivity index (χ0v) is 16.9. The molecule has 31 heavy (non-hydrogen) atoms. The Morgan fingerprint density at radius 2 is 1.74 bits per heavy atom. The lowest BCUT2D eigenvalue weighted by atomic mass is 9.99. The first-order chi connectivity index (χ1) is 14.6. The van der Waals surface area contributed by atoms with Crippen LogP contribution in [0.1, 0.15) is 24.8 Å². The molecule has 0 aliphatic heterocycles. The zero-order valence-electron chi connectivity index (χ0n) is 16.9. The van der Waals surface area contributed by atoms with Gasteiger partial charge in [0.25, 0.3) is 0 Å². The summed E-state index contributed by atoms with van der Waals surface area (Å²) < 4.78 is 26.7. The van der Waals surface area contributed by atoms with E-state index in [9.17, 15) is 33.1 Å². The predicted octanol–water partition coefficient (Wildman–Crippen LogP) is -0.179. The largest absolute Gasteiger partial charge is 0.480 e. The molecule has 9 nitrogen and oxygen atoms in total. The van der Waals surface area contributed by atoms with Crippen molar-refractivity contribution in [1.29, 1.82) is 0 Å². The van der Waals surface area contributed by atoms with Gasteiger partial charge in [-0.05, 0) is 24.9 Å². The summed E-state index contributed by atoms with van der Waals surface area (Å²) in [5.74, 6) is -6.08. The van der Waals surface area contributed by atoms with Crippen molar-refractivity contribution in [2.75, 3.05) is 13.1 Å². The number of ketones is 1. The molecule has 3 atom stereocenters. The molecule has 1 aromatic carbocycles. The summed E-state index contributed by atoms with van der Waals surface area (Å²) in [6, 6.07) is 6.17. The fourth-order valence-corrected chi connectivity index (χ4v) is 2.75. The zero-order chi connectivity index (χ0) is 23.4. The minimum atomic E-state index is -3.17. The average Bonchev–Trinajstić information content (AvgIpc) is 2.73. The summed E-state index contributed by atoms with van der Waals surface area (Å²) in [7, 11) is 0. The maximum atomic E-state index is 13.3. The molecule has 0 spiro atoms. The van der Waals surface area contributed by atoms with Crippen LogP contribution in [-0.2, 0) is 25.6 Å². The molecular weight excluding hydrogens is 414 g/mol. The lowest BCUT2D eigenvalue weighted by molar-refractivity contribution is -0.142. The minimum absolute atomic E-state index is 0.0497. The number of nitrogens with one attached hydrogen (secondary N) is 2. The van der Waals surface area contributed by atoms with E-state index in [0.29, 0.717) is 18.5 Å². The number of hydrogen-bond acceptors (Lipinski definition) is 6. The van der Waals surface area contributed by atoms with Gasteiger partial charge in [-0.1, -0.05) is 30.3 Å². The van der Waals surface area contributed by atoms with E-state index in [1.165, 1.54) is 0 Å². The Balaban J connectivity index is 2.65. The van der Waals surface area contributed by atoms with Gasteiger partial charge in [0.15, 0.2) is 5.78 Å². The van der Waals surface area contributed by atoms with Crippen LogP contribution in [0.5, 0.6) is 0 Å². The van der Waals surface area contributed by atoms with Crippen molar-refractivity contribution < 1.29 is 33.1 Å². The molecule has 2 amide bonds. The third-order valence-electron chi connectivity index (χ3n) is 4.53. The van der Waals surface area contributed by atoms with E-state index >= 15 is 0 Å². The topological polar surface area (TPSA) is 165 Å². The first-order valence-corrected chi connectivity index (χ1v) is 9.76. The molecule has 0 aliphatic carbocycles. The molecule has 11 heteroatoms. The molecule has 0 saturated heterocycles. The number of benzene rings is 1. The lowest BCUT2D eigenvalue weighted by Gasteiger charge is -2.19. The molecule has 0 fully saturated rings. The summed E-state index contributed by atoms with van der Waals surface area (Å²) in [6.07, 6.45) is -3.38. The molecule has 1 unspecified atom stereocenters. The van der Waals surface area contributed by atoms with Crippen LogP contribution in [0.15, 0.2) is 30.3 Å². The monoisotopic (exact) mass is 442 g/mol. The van der Waals surface area contributed by atoms with Crippen LogP contribution in [0.3, 0.4) is 0 Å². The maximum absolute atomic E-state index is 13.3. The van der Waals surface area contributed by atoms with Crippen molar-refractivity contribution in [1.82, 2.24) is 10.6 Å². The van der Waals surface area contributed by atoms with Gasteiger partial charge < -0.3 is 27.2 Å². The molecule has 172 valence electrons. The first kappa shape index (κ1) is 26.1. The number of halogens is 2. The van der Waals surface area contributed by atoms with Gasteiger partial charge in [0.1, 0.15) is 6.04 Å². The molecular formula is C20H28F2N4O5. The summed E-state index contributed by atoms with van der Waals surface area (Å²) in [4.78, 5) is 47.5. The average molecular weight is 442 g/mol. The van der Waals surface area contributed by atoms with E-state index in [4.69, 9.17) is 11.5 Å². The van der Waals surface area contributed by atoms with Crippen molar-refractivity contribution in [3.8, 4) is 0 Å². The SMILES string of the molecule is NCCC[C@@H](N)C(=O)NCC(=O)C(CC(=O)N[C@@H](Cc1ccccc1)C(=O)O)C(F)F. The molecule has 7 N–H and O–H groups in total. The lowest BCUT2D eigenvalue weighted by Crippen LogP contribution is -2.46. The first-order valence-electron chi connectivity index (χ1n) is 9.76. The van der Waals surface area contributed by atoms with Crippen molar-refractivity contribution in [2.24, 2.45) is 17.4 Å². The van der Waals surface area contributed by atoms with Gasteiger partial charge in [-0.15, -0.1) is 0 Å². The number of hydrogen-bond donors (Lipinski definition) is 5. The fraction of sp³-hybridized carbons (Fsp3) is 0.500. The Kier molecular flexibility index (Phi) is 11.3. The predicted molar refractivity (Wildman–Crippen MR) is 108 cm³/mol. The van der Waals surface area contributed by atoms with Gasteiger partial charge >= 0.3 is 5.97 Å². The molecule has 0 heterocycles. The van der Waals surface area contributed by atoms with Crippen molar-refractivity contribution in [2.45, 2.75) is 44.2 Å². The van der Waals surface area contributed by atoms with Crippen molar-refractivity contribution in [3.05, 3.63) is 35.9 Å². The third kappa shape index (κ3) is 9.62. The Bertz CT molecular complexity index is 748. The molecule has 0 aromatic heterocycles. The number of nitrogens with two attached hydrogens (primary N) is 2. The highest BCUT2D eigenvalue weighted by Crippen LogP contribution is 2.16. The number of carbonyl (C=O) groups is 4. The number of alkyl halides is 2. The standard InChI is InChI=1S/C20H28F2N4O5/c21-18(22)13(16(27)11-25-19(29)14(24)7-4-8-23)10-17(28)26-15(20(30)31)9-12-5-2-1-3-6-12/h1-3,5-6,13-15,18H,4,7-11,23-24H2,(H,25,29)(H,26,28)(H,30,31)/t13?,14-,15+/m1/s1. The molecule has 0 aliphatic rings. The van der Waals surface area contributed by atoms with E-state index in [1.807, 2.05) is 0 Å². The number of carboxylic acids is 1. The number of carboxylic acid groups (broad SMARTS) is 1.